The summed E-state index contributed by atoms with van der Waals surface area (Å²) in [6.45, 7) is 5.83. The molecule has 0 atom stereocenters. The highest BCUT2D eigenvalue weighted by Gasteiger charge is 2.28. The van der Waals surface area contributed by atoms with Crippen molar-refractivity contribution in [3.8, 4) is 11.5 Å². The smallest absolute Gasteiger partial charge is 0.411 e. The van der Waals surface area contributed by atoms with Crippen molar-refractivity contribution in [2.24, 2.45) is 0 Å². The number of amides is 1. The quantitative estimate of drug-likeness (QED) is 0.455. The Hall–Kier alpha value is -2.92. The number of alkyl halides is 3. The van der Waals surface area contributed by atoms with Gasteiger partial charge in [0.05, 0.1) is 23.4 Å². The van der Waals surface area contributed by atoms with E-state index < -0.39 is 12.8 Å². The number of aromatic nitrogens is 3. The van der Waals surface area contributed by atoms with E-state index in [1.54, 1.807) is 40.2 Å². The molecule has 0 spiro atoms. The Balaban J connectivity index is 1.43. The molecule has 0 radical (unpaired) electrons. The average molecular weight is 480 g/mol. The van der Waals surface area contributed by atoms with E-state index in [1.165, 1.54) is 0 Å². The molecule has 0 saturated carbocycles. The van der Waals surface area contributed by atoms with Crippen LogP contribution >= 0.6 is 0 Å². The zero-order valence-corrected chi connectivity index (χ0v) is 19.2. The highest BCUT2D eigenvalue weighted by molar-refractivity contribution is 6.06. The molecule has 1 aliphatic heterocycles. The average Bonchev–Trinajstić information content (AvgIpc) is 3.47. The van der Waals surface area contributed by atoms with Crippen LogP contribution in [-0.4, -0.2) is 82.6 Å². The zero-order chi connectivity index (χ0) is 24.3. The van der Waals surface area contributed by atoms with E-state index in [9.17, 15) is 18.0 Å². The fraction of sp³-hybridized carbons (Fsp3) is 0.522. The van der Waals surface area contributed by atoms with Gasteiger partial charge in [-0.1, -0.05) is 0 Å². The van der Waals surface area contributed by atoms with Crippen molar-refractivity contribution in [2.75, 3.05) is 45.9 Å². The van der Waals surface area contributed by atoms with E-state index in [4.69, 9.17) is 9.40 Å². The van der Waals surface area contributed by atoms with Gasteiger partial charge in [-0.3, -0.25) is 9.69 Å². The molecule has 0 bridgehead atoms. The number of furan rings is 1. The van der Waals surface area contributed by atoms with Crippen LogP contribution in [0.1, 0.15) is 36.7 Å². The number of fused-ring (bicyclic) bond motifs is 1. The molecular weight excluding hydrogens is 451 g/mol. The summed E-state index contributed by atoms with van der Waals surface area (Å²) in [5.41, 5.74) is 1.72. The van der Waals surface area contributed by atoms with Crippen molar-refractivity contribution in [3.05, 3.63) is 36.2 Å². The number of piperazine rings is 1. The summed E-state index contributed by atoms with van der Waals surface area (Å²) in [7, 11) is 0. The Labute approximate surface area is 195 Å². The van der Waals surface area contributed by atoms with Gasteiger partial charge >= 0.3 is 6.18 Å². The van der Waals surface area contributed by atoms with Gasteiger partial charge in [0.2, 0.25) is 0 Å². The van der Waals surface area contributed by atoms with Crippen molar-refractivity contribution in [2.45, 2.75) is 32.5 Å². The molecule has 11 heteroatoms. The molecule has 3 aromatic rings. The summed E-state index contributed by atoms with van der Waals surface area (Å²) < 4.78 is 48.4. The molecular formula is C23H28F3N5O3. The summed E-state index contributed by atoms with van der Waals surface area (Å²) >= 11 is 0. The topological polar surface area (TPSA) is 76.6 Å². The Morgan fingerprint density at radius 1 is 1.24 bits per heavy atom. The molecule has 0 aromatic carbocycles. The van der Waals surface area contributed by atoms with Gasteiger partial charge in [0.15, 0.2) is 11.4 Å². The second kappa shape index (κ2) is 10.1. The number of carbonyl (C=O) groups is 1. The molecule has 184 valence electrons. The lowest BCUT2D eigenvalue weighted by atomic mass is 10.1. The first-order valence-electron chi connectivity index (χ1n) is 11.3. The van der Waals surface area contributed by atoms with Crippen molar-refractivity contribution < 1.29 is 27.1 Å². The summed E-state index contributed by atoms with van der Waals surface area (Å²) in [4.78, 5) is 22.1. The van der Waals surface area contributed by atoms with Crippen LogP contribution in [0.4, 0.5) is 13.2 Å². The van der Waals surface area contributed by atoms with Crippen molar-refractivity contribution in [1.29, 1.82) is 0 Å². The zero-order valence-electron chi connectivity index (χ0n) is 19.2. The normalized spacial score (nSPS) is 15.5. The number of nitrogens with zero attached hydrogens (tertiary/aromatic N) is 5. The van der Waals surface area contributed by atoms with E-state index >= 15 is 0 Å². The van der Waals surface area contributed by atoms with Gasteiger partial charge in [-0.15, -0.1) is 0 Å². The molecule has 34 heavy (non-hydrogen) atoms. The molecule has 0 aliphatic carbocycles. The van der Waals surface area contributed by atoms with E-state index in [-0.39, 0.29) is 18.6 Å². The Bertz CT molecular complexity index is 1100. The SMILES string of the molecule is CC(C)n1ncc2c(C(=O)N3CCN(CCCOCC(F)(F)F)CC3)cc(-c3ccco3)nc21. The summed E-state index contributed by atoms with van der Waals surface area (Å²) in [5, 5.41) is 5.14. The molecule has 3 aromatic heterocycles. The van der Waals surface area contributed by atoms with Gasteiger partial charge in [0.25, 0.3) is 5.91 Å². The van der Waals surface area contributed by atoms with Gasteiger partial charge < -0.3 is 14.1 Å². The first-order valence-corrected chi connectivity index (χ1v) is 11.3. The highest BCUT2D eigenvalue weighted by atomic mass is 19.4. The molecule has 1 fully saturated rings. The first kappa shape index (κ1) is 24.2. The number of carbonyl (C=O) groups excluding carboxylic acids is 1. The maximum Gasteiger partial charge on any atom is 0.411 e. The summed E-state index contributed by atoms with van der Waals surface area (Å²) in [6, 6.07) is 5.40. The molecule has 4 rings (SSSR count). The summed E-state index contributed by atoms with van der Waals surface area (Å²) in [5.74, 6) is 0.474. The van der Waals surface area contributed by atoms with E-state index in [1.807, 2.05) is 13.8 Å². The van der Waals surface area contributed by atoms with Gasteiger partial charge in [0.1, 0.15) is 12.3 Å². The molecule has 0 N–H and O–H groups in total. The predicted octanol–water partition coefficient (Wildman–Crippen LogP) is 4.00. The minimum atomic E-state index is -4.30. The first-order chi connectivity index (χ1) is 16.2. The number of halogens is 3. The molecule has 1 amide bonds. The lowest BCUT2D eigenvalue weighted by Crippen LogP contribution is -2.49. The van der Waals surface area contributed by atoms with E-state index in [0.29, 0.717) is 67.2 Å². The highest BCUT2D eigenvalue weighted by Crippen LogP contribution is 2.28. The number of pyridine rings is 1. The maximum atomic E-state index is 13.5. The van der Waals surface area contributed by atoms with Crippen LogP contribution in [0.2, 0.25) is 0 Å². The standard InChI is InChI=1S/C23H28F3N5O3/c1-16(2)31-21-18(14-27-31)17(13-19(28-21)20-5-3-12-34-20)22(32)30-9-7-29(8-10-30)6-4-11-33-15-23(24,25)26/h3,5,12-14,16H,4,6-11,15H2,1-2H3. The van der Waals surface area contributed by atoms with Gasteiger partial charge in [-0.25, -0.2) is 9.67 Å². The second-order valence-electron chi connectivity index (χ2n) is 8.61. The van der Waals surface area contributed by atoms with Crippen LogP contribution in [0.25, 0.3) is 22.5 Å². The minimum absolute atomic E-state index is 0.0586. The van der Waals surface area contributed by atoms with Crippen molar-refractivity contribution in [3.63, 3.8) is 0 Å². The molecule has 1 saturated heterocycles. The van der Waals surface area contributed by atoms with Crippen LogP contribution in [0.15, 0.2) is 35.1 Å². The molecule has 4 heterocycles. The van der Waals surface area contributed by atoms with Crippen LogP contribution in [0, 0.1) is 0 Å². The lowest BCUT2D eigenvalue weighted by molar-refractivity contribution is -0.174. The van der Waals surface area contributed by atoms with Gasteiger partial charge in [-0.05, 0) is 38.5 Å². The predicted molar refractivity (Wildman–Crippen MR) is 119 cm³/mol. The number of hydrogen-bond donors (Lipinski definition) is 0. The summed E-state index contributed by atoms with van der Waals surface area (Å²) in [6.07, 6.45) is -0.544. The van der Waals surface area contributed by atoms with E-state index in [2.05, 4.69) is 14.7 Å². The largest absolute Gasteiger partial charge is 0.463 e. The Kier molecular flexibility index (Phi) is 7.22. The molecule has 1 aliphatic rings. The van der Waals surface area contributed by atoms with Crippen molar-refractivity contribution >= 4 is 16.9 Å². The second-order valence-corrected chi connectivity index (χ2v) is 8.61. The van der Waals surface area contributed by atoms with E-state index in [0.717, 1.165) is 0 Å². The Morgan fingerprint density at radius 3 is 2.65 bits per heavy atom. The van der Waals surface area contributed by atoms with Crippen LogP contribution in [0.5, 0.6) is 0 Å². The monoisotopic (exact) mass is 479 g/mol. The fourth-order valence-electron chi connectivity index (χ4n) is 4.05. The van der Waals surface area contributed by atoms with Gasteiger partial charge in [0, 0.05) is 45.4 Å². The fourth-order valence-corrected chi connectivity index (χ4v) is 4.05. The number of ether oxygens (including phenoxy) is 1. The maximum absolute atomic E-state index is 13.5. The third-order valence-corrected chi connectivity index (χ3v) is 5.75. The Morgan fingerprint density at radius 2 is 2.00 bits per heavy atom. The number of rotatable bonds is 8. The molecule has 0 unspecified atom stereocenters. The van der Waals surface area contributed by atoms with Crippen molar-refractivity contribution in [1.82, 2.24) is 24.6 Å². The minimum Gasteiger partial charge on any atom is -0.463 e. The lowest BCUT2D eigenvalue weighted by Gasteiger charge is -2.34. The van der Waals surface area contributed by atoms with Gasteiger partial charge in [-0.2, -0.15) is 18.3 Å². The van der Waals surface area contributed by atoms with Crippen LogP contribution in [-0.2, 0) is 4.74 Å². The van der Waals surface area contributed by atoms with Crippen LogP contribution < -0.4 is 0 Å². The third-order valence-electron chi connectivity index (χ3n) is 5.75. The number of hydrogen-bond acceptors (Lipinski definition) is 6. The molecule has 8 nitrogen and oxygen atoms in total. The van der Waals surface area contributed by atoms with Crippen LogP contribution in [0.3, 0.4) is 0 Å². The third kappa shape index (κ3) is 5.58.